The second kappa shape index (κ2) is 8.89. The number of thioether (sulfide) groups is 1. The number of halogens is 2. The van der Waals surface area contributed by atoms with Gasteiger partial charge in [0.05, 0.1) is 5.54 Å². The third-order valence-electron chi connectivity index (χ3n) is 3.77. The van der Waals surface area contributed by atoms with Gasteiger partial charge in [-0.05, 0) is 37.1 Å². The maximum Gasteiger partial charge on any atom is 0.221 e. The minimum absolute atomic E-state index is 0. The van der Waals surface area contributed by atoms with E-state index in [2.05, 4.69) is 5.32 Å². The third-order valence-corrected chi connectivity index (χ3v) is 5.03. The number of benzene rings is 1. The molecule has 1 aromatic rings. The summed E-state index contributed by atoms with van der Waals surface area (Å²) in [6.07, 6.45) is 4.88. The SMILES string of the molecule is Cl.NCC1(NC(=O)CCSc2ccc(Cl)cc2)CCCC1. The second-order valence-corrected chi connectivity index (χ2v) is 6.90. The number of nitrogens with two attached hydrogens (primary N) is 1. The van der Waals surface area contributed by atoms with Gasteiger partial charge in [0.15, 0.2) is 0 Å². The lowest BCUT2D eigenvalue weighted by Gasteiger charge is -2.28. The number of rotatable bonds is 6. The second-order valence-electron chi connectivity index (χ2n) is 5.29. The van der Waals surface area contributed by atoms with E-state index < -0.39 is 0 Å². The molecule has 1 aliphatic rings. The molecule has 21 heavy (non-hydrogen) atoms. The predicted molar refractivity (Wildman–Crippen MR) is 92.4 cm³/mol. The van der Waals surface area contributed by atoms with Gasteiger partial charge in [0.2, 0.25) is 5.91 Å². The highest BCUT2D eigenvalue weighted by molar-refractivity contribution is 7.99. The Morgan fingerprint density at radius 1 is 1.29 bits per heavy atom. The Morgan fingerprint density at radius 3 is 2.48 bits per heavy atom. The van der Waals surface area contributed by atoms with Crippen molar-refractivity contribution in [1.29, 1.82) is 0 Å². The topological polar surface area (TPSA) is 55.1 Å². The molecule has 118 valence electrons. The molecule has 0 spiro atoms. The molecule has 0 aromatic heterocycles. The van der Waals surface area contributed by atoms with E-state index in [1.807, 2.05) is 24.3 Å². The van der Waals surface area contributed by atoms with Gasteiger partial charge in [-0.2, -0.15) is 0 Å². The molecule has 1 fully saturated rings. The zero-order chi connectivity index (χ0) is 14.4. The predicted octanol–water partition coefficient (Wildman–Crippen LogP) is 3.63. The van der Waals surface area contributed by atoms with Crippen LogP contribution in [0.3, 0.4) is 0 Å². The van der Waals surface area contributed by atoms with E-state index in [4.69, 9.17) is 17.3 Å². The standard InChI is InChI=1S/C15H21ClN2OS.ClH/c16-12-3-5-13(6-4-12)20-10-7-14(19)18-15(11-17)8-1-2-9-15;/h3-6H,1-2,7-11,17H2,(H,18,19);1H. The fourth-order valence-corrected chi connectivity index (χ4v) is 3.56. The van der Waals surface area contributed by atoms with E-state index in [0.717, 1.165) is 41.4 Å². The molecule has 6 heteroatoms. The molecule has 0 unspecified atom stereocenters. The molecule has 1 amide bonds. The van der Waals surface area contributed by atoms with Crippen LogP contribution in [0.2, 0.25) is 5.02 Å². The highest BCUT2D eigenvalue weighted by Crippen LogP contribution is 2.29. The summed E-state index contributed by atoms with van der Waals surface area (Å²) in [5.41, 5.74) is 5.68. The van der Waals surface area contributed by atoms with Crippen molar-refractivity contribution in [2.24, 2.45) is 5.73 Å². The molecule has 0 radical (unpaired) electrons. The van der Waals surface area contributed by atoms with Crippen LogP contribution in [0.4, 0.5) is 0 Å². The molecule has 1 aliphatic carbocycles. The van der Waals surface area contributed by atoms with Gasteiger partial charge in [-0.15, -0.1) is 24.2 Å². The monoisotopic (exact) mass is 348 g/mol. The molecule has 3 N–H and O–H groups in total. The van der Waals surface area contributed by atoms with Crippen LogP contribution in [-0.4, -0.2) is 23.7 Å². The molecular weight excluding hydrogens is 327 g/mol. The summed E-state index contributed by atoms with van der Waals surface area (Å²) in [6, 6.07) is 7.68. The van der Waals surface area contributed by atoms with Crippen LogP contribution >= 0.6 is 35.8 Å². The van der Waals surface area contributed by atoms with Crippen molar-refractivity contribution >= 4 is 41.7 Å². The smallest absolute Gasteiger partial charge is 0.221 e. The first-order valence-electron chi connectivity index (χ1n) is 7.03. The molecule has 0 heterocycles. The minimum atomic E-state index is -0.137. The average molecular weight is 349 g/mol. The first kappa shape index (κ1) is 18.6. The van der Waals surface area contributed by atoms with Gasteiger partial charge < -0.3 is 11.1 Å². The fraction of sp³-hybridized carbons (Fsp3) is 0.533. The van der Waals surface area contributed by atoms with Gasteiger partial charge in [-0.25, -0.2) is 0 Å². The summed E-state index contributed by atoms with van der Waals surface area (Å²) in [6.45, 7) is 0.545. The van der Waals surface area contributed by atoms with Crippen molar-refractivity contribution in [3.05, 3.63) is 29.3 Å². The van der Waals surface area contributed by atoms with E-state index in [-0.39, 0.29) is 23.9 Å². The number of nitrogens with one attached hydrogen (secondary N) is 1. The van der Waals surface area contributed by atoms with Crippen LogP contribution in [0.25, 0.3) is 0 Å². The van der Waals surface area contributed by atoms with Crippen molar-refractivity contribution in [2.45, 2.75) is 42.5 Å². The lowest BCUT2D eigenvalue weighted by molar-refractivity contribution is -0.122. The van der Waals surface area contributed by atoms with Crippen LogP contribution in [0.15, 0.2) is 29.2 Å². The Labute approximate surface area is 141 Å². The zero-order valence-electron chi connectivity index (χ0n) is 11.9. The fourth-order valence-electron chi connectivity index (χ4n) is 2.58. The highest BCUT2D eigenvalue weighted by atomic mass is 35.5. The van der Waals surface area contributed by atoms with E-state index >= 15 is 0 Å². The molecule has 1 aromatic carbocycles. The van der Waals surface area contributed by atoms with Crippen molar-refractivity contribution in [2.75, 3.05) is 12.3 Å². The Balaban J connectivity index is 0.00000220. The summed E-state index contributed by atoms with van der Waals surface area (Å²) < 4.78 is 0. The van der Waals surface area contributed by atoms with Crippen molar-refractivity contribution < 1.29 is 4.79 Å². The Bertz CT molecular complexity index is 447. The summed E-state index contributed by atoms with van der Waals surface area (Å²) >= 11 is 7.51. The Kier molecular flexibility index (Phi) is 7.88. The molecule has 1 saturated carbocycles. The molecule has 0 saturated heterocycles. The van der Waals surface area contributed by atoms with E-state index in [0.29, 0.717) is 13.0 Å². The van der Waals surface area contributed by atoms with Crippen LogP contribution in [0.1, 0.15) is 32.1 Å². The zero-order valence-corrected chi connectivity index (χ0v) is 14.3. The van der Waals surface area contributed by atoms with Crippen molar-refractivity contribution in [1.82, 2.24) is 5.32 Å². The van der Waals surface area contributed by atoms with Gasteiger partial charge in [0.1, 0.15) is 0 Å². The van der Waals surface area contributed by atoms with Gasteiger partial charge >= 0.3 is 0 Å². The largest absolute Gasteiger partial charge is 0.349 e. The Morgan fingerprint density at radius 2 is 1.90 bits per heavy atom. The van der Waals surface area contributed by atoms with Crippen molar-refractivity contribution in [3.63, 3.8) is 0 Å². The quantitative estimate of drug-likeness (QED) is 0.771. The van der Waals surface area contributed by atoms with Crippen molar-refractivity contribution in [3.8, 4) is 0 Å². The molecular formula is C15H22Cl2N2OS. The summed E-state index contributed by atoms with van der Waals surface area (Å²) in [7, 11) is 0. The minimum Gasteiger partial charge on any atom is -0.349 e. The number of hydrogen-bond acceptors (Lipinski definition) is 3. The van der Waals surface area contributed by atoms with Gasteiger partial charge in [-0.3, -0.25) is 4.79 Å². The molecule has 3 nitrogen and oxygen atoms in total. The van der Waals surface area contributed by atoms with Crippen LogP contribution in [0, 0.1) is 0 Å². The number of carbonyl (C=O) groups is 1. The molecule has 0 bridgehead atoms. The molecule has 2 rings (SSSR count). The van der Waals surface area contributed by atoms with Crippen LogP contribution in [-0.2, 0) is 4.79 Å². The third kappa shape index (κ3) is 5.70. The number of amides is 1. The van der Waals surface area contributed by atoms with E-state index in [9.17, 15) is 4.79 Å². The summed E-state index contributed by atoms with van der Waals surface area (Å²) in [5, 5.41) is 3.87. The van der Waals surface area contributed by atoms with E-state index in [1.54, 1.807) is 11.8 Å². The lowest BCUT2D eigenvalue weighted by atomic mass is 9.98. The number of carbonyl (C=O) groups excluding carboxylic acids is 1. The molecule has 0 aliphatic heterocycles. The normalized spacial score (nSPS) is 16.3. The summed E-state index contributed by atoms with van der Waals surface area (Å²) in [5.74, 6) is 0.882. The van der Waals surface area contributed by atoms with Crippen LogP contribution in [0.5, 0.6) is 0 Å². The number of hydrogen-bond donors (Lipinski definition) is 2. The first-order valence-corrected chi connectivity index (χ1v) is 8.39. The van der Waals surface area contributed by atoms with E-state index in [1.165, 1.54) is 0 Å². The first-order chi connectivity index (χ1) is 9.63. The van der Waals surface area contributed by atoms with Crippen LogP contribution < -0.4 is 11.1 Å². The average Bonchev–Trinajstić information content (AvgIpc) is 2.90. The lowest BCUT2D eigenvalue weighted by Crippen LogP contribution is -2.51. The maximum atomic E-state index is 12.0. The van der Waals surface area contributed by atoms with Gasteiger partial charge in [0, 0.05) is 28.6 Å². The van der Waals surface area contributed by atoms with Gasteiger partial charge in [-0.1, -0.05) is 24.4 Å². The highest BCUT2D eigenvalue weighted by Gasteiger charge is 2.33. The van der Waals surface area contributed by atoms with Gasteiger partial charge in [0.25, 0.3) is 0 Å². The maximum absolute atomic E-state index is 12.0. The Hall–Kier alpha value is -0.420. The molecule has 0 atom stereocenters. The summed E-state index contributed by atoms with van der Waals surface area (Å²) in [4.78, 5) is 13.1.